The van der Waals surface area contributed by atoms with E-state index in [0.29, 0.717) is 12.8 Å². The van der Waals surface area contributed by atoms with Crippen LogP contribution < -0.4 is 0 Å². The molecular formula is C17H22N2O2. The number of aryl methyl sites for hydroxylation is 1. The number of para-hydroxylation sites is 2. The molecule has 1 aliphatic carbocycles. The molecule has 3 rings (SSSR count). The summed E-state index contributed by atoms with van der Waals surface area (Å²) in [6.07, 6.45) is 4.40. The SMILES string of the molecule is CCn1c(CC(=O)C2(O)CCCCC2)nc2ccccc21. The lowest BCUT2D eigenvalue weighted by molar-refractivity contribution is -0.140. The summed E-state index contributed by atoms with van der Waals surface area (Å²) in [6, 6.07) is 7.92. The average Bonchev–Trinajstić information content (AvgIpc) is 2.85. The van der Waals surface area contributed by atoms with Crippen LogP contribution in [0, 0.1) is 0 Å². The second-order valence-electron chi connectivity index (χ2n) is 5.95. The smallest absolute Gasteiger partial charge is 0.171 e. The molecule has 2 aromatic rings. The van der Waals surface area contributed by atoms with Gasteiger partial charge in [0.05, 0.1) is 17.5 Å². The number of rotatable bonds is 4. The summed E-state index contributed by atoms with van der Waals surface area (Å²) < 4.78 is 2.07. The number of Topliss-reactive ketones (excluding diaryl/α,β-unsaturated/α-hetero) is 1. The van der Waals surface area contributed by atoms with Gasteiger partial charge in [-0.1, -0.05) is 31.4 Å². The molecule has 4 nitrogen and oxygen atoms in total. The molecule has 1 N–H and O–H groups in total. The van der Waals surface area contributed by atoms with Gasteiger partial charge in [-0.2, -0.15) is 0 Å². The van der Waals surface area contributed by atoms with E-state index in [1.54, 1.807) is 0 Å². The quantitative estimate of drug-likeness (QED) is 0.940. The molecule has 1 aromatic heterocycles. The monoisotopic (exact) mass is 286 g/mol. The topological polar surface area (TPSA) is 55.1 Å². The van der Waals surface area contributed by atoms with Gasteiger partial charge in [-0.05, 0) is 31.9 Å². The van der Waals surface area contributed by atoms with Gasteiger partial charge < -0.3 is 9.67 Å². The van der Waals surface area contributed by atoms with Crippen LogP contribution in [0.2, 0.25) is 0 Å². The minimum absolute atomic E-state index is 0.0767. The van der Waals surface area contributed by atoms with Crippen LogP contribution in [0.3, 0.4) is 0 Å². The second kappa shape index (κ2) is 5.60. The molecule has 1 aliphatic rings. The summed E-state index contributed by atoms with van der Waals surface area (Å²) in [5.41, 5.74) is 0.839. The van der Waals surface area contributed by atoms with Crippen LogP contribution >= 0.6 is 0 Å². The Kier molecular flexibility index (Phi) is 3.81. The number of carbonyl (C=O) groups excluding carboxylic acids is 1. The number of benzene rings is 1. The first kappa shape index (κ1) is 14.3. The first-order valence-corrected chi connectivity index (χ1v) is 7.84. The summed E-state index contributed by atoms with van der Waals surface area (Å²) >= 11 is 0. The highest BCUT2D eigenvalue weighted by Crippen LogP contribution is 2.30. The fraction of sp³-hybridized carbons (Fsp3) is 0.529. The van der Waals surface area contributed by atoms with E-state index in [9.17, 15) is 9.90 Å². The predicted molar refractivity (Wildman–Crippen MR) is 82.2 cm³/mol. The maximum atomic E-state index is 12.5. The van der Waals surface area contributed by atoms with Crippen molar-refractivity contribution < 1.29 is 9.90 Å². The zero-order valence-corrected chi connectivity index (χ0v) is 12.5. The van der Waals surface area contributed by atoms with E-state index in [1.807, 2.05) is 24.3 Å². The van der Waals surface area contributed by atoms with E-state index in [4.69, 9.17) is 0 Å². The van der Waals surface area contributed by atoms with Gasteiger partial charge >= 0.3 is 0 Å². The number of fused-ring (bicyclic) bond motifs is 1. The van der Waals surface area contributed by atoms with Gasteiger partial charge in [0, 0.05) is 6.54 Å². The molecule has 0 aliphatic heterocycles. The van der Waals surface area contributed by atoms with Gasteiger partial charge in [0.25, 0.3) is 0 Å². The van der Waals surface area contributed by atoms with E-state index >= 15 is 0 Å². The Labute approximate surface area is 124 Å². The van der Waals surface area contributed by atoms with Crippen molar-refractivity contribution in [3.05, 3.63) is 30.1 Å². The predicted octanol–water partition coefficient (Wildman–Crippen LogP) is 2.86. The van der Waals surface area contributed by atoms with E-state index in [0.717, 1.165) is 42.7 Å². The molecule has 0 spiro atoms. The van der Waals surface area contributed by atoms with Crippen molar-refractivity contribution in [2.24, 2.45) is 0 Å². The molecule has 0 saturated heterocycles. The number of carbonyl (C=O) groups is 1. The van der Waals surface area contributed by atoms with E-state index < -0.39 is 5.60 Å². The third-order valence-corrected chi connectivity index (χ3v) is 4.57. The van der Waals surface area contributed by atoms with Crippen molar-refractivity contribution in [1.29, 1.82) is 0 Å². The minimum atomic E-state index is -1.13. The zero-order valence-electron chi connectivity index (χ0n) is 12.5. The minimum Gasteiger partial charge on any atom is -0.382 e. The van der Waals surface area contributed by atoms with Gasteiger partial charge in [-0.25, -0.2) is 4.98 Å². The highest BCUT2D eigenvalue weighted by Gasteiger charge is 2.37. The van der Waals surface area contributed by atoms with E-state index in [1.165, 1.54) is 0 Å². The number of hydrogen-bond donors (Lipinski definition) is 1. The summed E-state index contributed by atoms with van der Waals surface area (Å²) in [7, 11) is 0. The Hall–Kier alpha value is -1.68. The summed E-state index contributed by atoms with van der Waals surface area (Å²) in [5.74, 6) is 0.690. The molecule has 1 fully saturated rings. The molecule has 0 unspecified atom stereocenters. The maximum absolute atomic E-state index is 12.5. The van der Waals surface area contributed by atoms with Crippen molar-refractivity contribution >= 4 is 16.8 Å². The average molecular weight is 286 g/mol. The van der Waals surface area contributed by atoms with Gasteiger partial charge in [-0.15, -0.1) is 0 Å². The van der Waals surface area contributed by atoms with Gasteiger partial charge in [0.1, 0.15) is 11.4 Å². The summed E-state index contributed by atoms with van der Waals surface area (Å²) in [5, 5.41) is 10.6. The van der Waals surface area contributed by atoms with E-state index in [-0.39, 0.29) is 12.2 Å². The summed E-state index contributed by atoms with van der Waals surface area (Å²) in [4.78, 5) is 17.1. The first-order chi connectivity index (χ1) is 10.1. The highest BCUT2D eigenvalue weighted by atomic mass is 16.3. The van der Waals surface area contributed by atoms with Crippen molar-refractivity contribution in [3.63, 3.8) is 0 Å². The lowest BCUT2D eigenvalue weighted by atomic mass is 9.81. The fourth-order valence-electron chi connectivity index (χ4n) is 3.34. The Morgan fingerprint density at radius 1 is 1.29 bits per heavy atom. The second-order valence-corrected chi connectivity index (χ2v) is 5.95. The fourth-order valence-corrected chi connectivity index (χ4v) is 3.34. The number of hydrogen-bond acceptors (Lipinski definition) is 3. The van der Waals surface area contributed by atoms with Crippen LogP contribution in [0.15, 0.2) is 24.3 Å². The molecule has 0 bridgehead atoms. The third-order valence-electron chi connectivity index (χ3n) is 4.57. The van der Waals surface area contributed by atoms with Crippen molar-refractivity contribution in [3.8, 4) is 0 Å². The molecule has 4 heteroatoms. The van der Waals surface area contributed by atoms with Gasteiger partial charge in [-0.3, -0.25) is 4.79 Å². The van der Waals surface area contributed by atoms with Crippen LogP contribution in [-0.4, -0.2) is 26.0 Å². The number of aliphatic hydroxyl groups is 1. The maximum Gasteiger partial charge on any atom is 0.171 e. The van der Waals surface area contributed by atoms with Gasteiger partial charge in [0.2, 0.25) is 0 Å². The largest absolute Gasteiger partial charge is 0.382 e. The third kappa shape index (κ3) is 2.60. The Balaban J connectivity index is 1.89. The summed E-state index contributed by atoms with van der Waals surface area (Å²) in [6.45, 7) is 2.83. The lowest BCUT2D eigenvalue weighted by Gasteiger charge is -2.30. The molecule has 1 heterocycles. The van der Waals surface area contributed by atoms with E-state index in [2.05, 4.69) is 16.5 Å². The molecule has 0 atom stereocenters. The molecular weight excluding hydrogens is 264 g/mol. The number of ketones is 1. The molecule has 112 valence electrons. The van der Waals surface area contributed by atoms with Crippen LogP contribution in [0.4, 0.5) is 0 Å². The van der Waals surface area contributed by atoms with Crippen LogP contribution in [0.25, 0.3) is 11.0 Å². The number of aromatic nitrogens is 2. The standard InChI is InChI=1S/C17H22N2O2/c1-2-19-14-9-5-4-8-13(14)18-16(19)12-15(20)17(21)10-6-3-7-11-17/h4-5,8-9,21H,2-3,6-7,10-12H2,1H3. The highest BCUT2D eigenvalue weighted by molar-refractivity contribution is 5.89. The van der Waals surface area contributed by atoms with Crippen LogP contribution in [0.5, 0.6) is 0 Å². The lowest BCUT2D eigenvalue weighted by Crippen LogP contribution is -2.41. The van der Waals surface area contributed by atoms with Crippen molar-refractivity contribution in [2.45, 2.75) is 57.6 Å². The molecule has 21 heavy (non-hydrogen) atoms. The zero-order chi connectivity index (χ0) is 14.9. The number of imidazole rings is 1. The Bertz CT molecular complexity index is 654. The molecule has 0 amide bonds. The molecule has 0 radical (unpaired) electrons. The van der Waals surface area contributed by atoms with Gasteiger partial charge in [0.15, 0.2) is 5.78 Å². The van der Waals surface area contributed by atoms with Crippen LogP contribution in [-0.2, 0) is 17.8 Å². The Morgan fingerprint density at radius 3 is 2.71 bits per heavy atom. The molecule has 1 saturated carbocycles. The van der Waals surface area contributed by atoms with Crippen LogP contribution in [0.1, 0.15) is 44.9 Å². The first-order valence-electron chi connectivity index (χ1n) is 7.84. The van der Waals surface area contributed by atoms with Crippen molar-refractivity contribution in [2.75, 3.05) is 0 Å². The van der Waals surface area contributed by atoms with Crippen molar-refractivity contribution in [1.82, 2.24) is 9.55 Å². The normalized spacial score (nSPS) is 18.0. The Morgan fingerprint density at radius 2 is 2.00 bits per heavy atom. The number of nitrogens with zero attached hydrogens (tertiary/aromatic N) is 2. The molecule has 1 aromatic carbocycles.